The van der Waals surface area contributed by atoms with Gasteiger partial charge >= 0.3 is 0 Å². The average molecular weight is 280 g/mol. The van der Waals surface area contributed by atoms with E-state index in [1.807, 2.05) is 0 Å². The minimum Gasteiger partial charge on any atom is -0.304 e. The number of benzene rings is 1. The van der Waals surface area contributed by atoms with Gasteiger partial charge in [-0.25, -0.2) is 0 Å². The predicted octanol–water partition coefficient (Wildman–Crippen LogP) is 2.93. The topological polar surface area (TPSA) is 6.48 Å². The molecular formula is C16H28N2S. The van der Waals surface area contributed by atoms with Gasteiger partial charge in [0, 0.05) is 25.0 Å². The number of hydrogen-bond donors (Lipinski definition) is 1. The van der Waals surface area contributed by atoms with Crippen molar-refractivity contribution in [2.75, 3.05) is 33.1 Å². The van der Waals surface area contributed by atoms with Crippen LogP contribution in [0, 0.1) is 0 Å². The molecule has 19 heavy (non-hydrogen) atoms. The fourth-order valence-corrected chi connectivity index (χ4v) is 1.97. The quantitative estimate of drug-likeness (QED) is 0.578. The molecule has 0 spiro atoms. The zero-order valence-electron chi connectivity index (χ0n) is 12.8. The van der Waals surface area contributed by atoms with Gasteiger partial charge in [-0.1, -0.05) is 24.3 Å². The third-order valence-electron chi connectivity index (χ3n) is 3.68. The second-order valence-corrected chi connectivity index (χ2v) is 5.89. The summed E-state index contributed by atoms with van der Waals surface area (Å²) in [5.41, 5.74) is 2.84. The Bertz CT molecular complexity index is 348. The molecule has 0 heterocycles. The Labute approximate surface area is 124 Å². The summed E-state index contributed by atoms with van der Waals surface area (Å²) in [7, 11) is 4.29. The molecule has 1 aromatic carbocycles. The average Bonchev–Trinajstić information content (AvgIpc) is 2.42. The highest BCUT2D eigenvalue weighted by molar-refractivity contribution is 7.80. The van der Waals surface area contributed by atoms with Crippen LogP contribution in [0.2, 0.25) is 0 Å². The maximum Gasteiger partial charge on any atom is 0.0411 e. The SMILES string of the molecule is CC(C)N(C)CCc1ccc(CCN(C)CS)cc1. The van der Waals surface area contributed by atoms with Crippen molar-refractivity contribution >= 4 is 12.6 Å². The lowest BCUT2D eigenvalue weighted by atomic mass is 10.1. The lowest BCUT2D eigenvalue weighted by molar-refractivity contribution is 0.277. The highest BCUT2D eigenvalue weighted by Gasteiger charge is 2.03. The van der Waals surface area contributed by atoms with Crippen molar-refractivity contribution in [2.45, 2.75) is 32.7 Å². The molecule has 0 unspecified atom stereocenters. The summed E-state index contributed by atoms with van der Waals surface area (Å²) in [6.07, 6.45) is 2.23. The third kappa shape index (κ3) is 6.46. The van der Waals surface area contributed by atoms with Crippen LogP contribution in [0.5, 0.6) is 0 Å². The first kappa shape index (κ1) is 16.5. The number of hydrogen-bond acceptors (Lipinski definition) is 3. The molecule has 0 amide bonds. The van der Waals surface area contributed by atoms with Crippen molar-refractivity contribution in [3.8, 4) is 0 Å². The first-order valence-corrected chi connectivity index (χ1v) is 7.73. The highest BCUT2D eigenvalue weighted by atomic mass is 32.1. The van der Waals surface area contributed by atoms with Gasteiger partial charge in [0.1, 0.15) is 0 Å². The normalized spacial score (nSPS) is 11.8. The number of thiol groups is 1. The van der Waals surface area contributed by atoms with Crippen molar-refractivity contribution in [1.29, 1.82) is 0 Å². The molecule has 0 bridgehead atoms. The lowest BCUT2D eigenvalue weighted by Crippen LogP contribution is -2.28. The Hall–Kier alpha value is -0.510. The maximum absolute atomic E-state index is 4.26. The summed E-state index contributed by atoms with van der Waals surface area (Å²) in [5.74, 6) is 0.819. The second kappa shape index (κ2) is 8.62. The van der Waals surface area contributed by atoms with Crippen LogP contribution >= 0.6 is 12.6 Å². The van der Waals surface area contributed by atoms with E-state index in [4.69, 9.17) is 0 Å². The van der Waals surface area contributed by atoms with E-state index in [-0.39, 0.29) is 0 Å². The van der Waals surface area contributed by atoms with Gasteiger partial charge in [-0.2, -0.15) is 12.6 Å². The van der Waals surface area contributed by atoms with Gasteiger partial charge in [0.15, 0.2) is 0 Å². The van der Waals surface area contributed by atoms with E-state index in [2.05, 4.69) is 74.6 Å². The third-order valence-corrected chi connectivity index (χ3v) is 4.16. The smallest absolute Gasteiger partial charge is 0.0411 e. The summed E-state index contributed by atoms with van der Waals surface area (Å²) >= 11 is 4.26. The summed E-state index contributed by atoms with van der Waals surface area (Å²) in [6.45, 7) is 6.67. The van der Waals surface area contributed by atoms with Gasteiger partial charge in [0.2, 0.25) is 0 Å². The molecule has 0 fully saturated rings. The van der Waals surface area contributed by atoms with E-state index in [0.29, 0.717) is 6.04 Å². The molecule has 0 aromatic heterocycles. The fraction of sp³-hybridized carbons (Fsp3) is 0.625. The molecule has 0 saturated carbocycles. The Balaban J connectivity index is 2.39. The van der Waals surface area contributed by atoms with Crippen LogP contribution in [0.15, 0.2) is 24.3 Å². The minimum absolute atomic E-state index is 0.621. The van der Waals surface area contributed by atoms with Gasteiger partial charge in [-0.3, -0.25) is 4.90 Å². The van der Waals surface area contributed by atoms with Gasteiger partial charge in [0.05, 0.1) is 0 Å². The minimum atomic E-state index is 0.621. The van der Waals surface area contributed by atoms with Crippen molar-refractivity contribution in [1.82, 2.24) is 9.80 Å². The Morgan fingerprint density at radius 2 is 1.42 bits per heavy atom. The lowest BCUT2D eigenvalue weighted by Gasteiger charge is -2.20. The molecule has 0 saturated heterocycles. The number of nitrogens with zero attached hydrogens (tertiary/aromatic N) is 2. The summed E-state index contributed by atoms with van der Waals surface area (Å²) < 4.78 is 0. The summed E-state index contributed by atoms with van der Waals surface area (Å²) in [5, 5.41) is 0. The highest BCUT2D eigenvalue weighted by Crippen LogP contribution is 2.08. The van der Waals surface area contributed by atoms with Gasteiger partial charge in [0.25, 0.3) is 0 Å². The van der Waals surface area contributed by atoms with E-state index in [9.17, 15) is 0 Å². The van der Waals surface area contributed by atoms with E-state index < -0.39 is 0 Å². The molecule has 2 nitrogen and oxygen atoms in total. The second-order valence-electron chi connectivity index (χ2n) is 5.61. The van der Waals surface area contributed by atoms with Gasteiger partial charge in [-0.15, -0.1) is 0 Å². The Kier molecular flexibility index (Phi) is 7.51. The van der Waals surface area contributed by atoms with E-state index >= 15 is 0 Å². The van der Waals surface area contributed by atoms with Gasteiger partial charge < -0.3 is 4.90 Å². The number of rotatable bonds is 8. The standard InChI is InChI=1S/C16H28N2S/c1-14(2)18(4)12-10-16-7-5-15(6-8-16)9-11-17(3)13-19/h5-8,14,19H,9-13H2,1-4H3. The number of likely N-dealkylation sites (N-methyl/N-ethyl adjacent to an activating group) is 2. The molecule has 0 aliphatic heterocycles. The molecule has 0 aliphatic rings. The zero-order chi connectivity index (χ0) is 14.3. The van der Waals surface area contributed by atoms with Crippen LogP contribution in [0.4, 0.5) is 0 Å². The molecule has 3 heteroatoms. The zero-order valence-corrected chi connectivity index (χ0v) is 13.7. The molecule has 0 radical (unpaired) electrons. The summed E-state index contributed by atoms with van der Waals surface area (Å²) in [6, 6.07) is 9.68. The molecule has 1 aromatic rings. The van der Waals surface area contributed by atoms with Gasteiger partial charge in [-0.05, 0) is 51.9 Å². The van der Waals surface area contributed by atoms with Crippen molar-refractivity contribution < 1.29 is 0 Å². The Morgan fingerprint density at radius 1 is 0.947 bits per heavy atom. The van der Waals surface area contributed by atoms with E-state index in [1.54, 1.807) is 0 Å². The monoisotopic (exact) mass is 280 g/mol. The fourth-order valence-electron chi connectivity index (χ4n) is 1.83. The van der Waals surface area contributed by atoms with Crippen LogP contribution in [0.1, 0.15) is 25.0 Å². The molecule has 1 rings (SSSR count). The summed E-state index contributed by atoms with van der Waals surface area (Å²) in [4.78, 5) is 4.60. The maximum atomic E-state index is 4.26. The molecular weight excluding hydrogens is 252 g/mol. The first-order chi connectivity index (χ1) is 9.02. The van der Waals surface area contributed by atoms with E-state index in [0.717, 1.165) is 31.8 Å². The largest absolute Gasteiger partial charge is 0.304 e. The van der Waals surface area contributed by atoms with Crippen LogP contribution in [0.25, 0.3) is 0 Å². The molecule has 0 N–H and O–H groups in total. The molecule has 0 aliphatic carbocycles. The molecule has 108 valence electrons. The first-order valence-electron chi connectivity index (χ1n) is 7.10. The molecule has 0 atom stereocenters. The van der Waals surface area contributed by atoms with Crippen LogP contribution in [0.3, 0.4) is 0 Å². The van der Waals surface area contributed by atoms with Crippen LogP contribution in [-0.2, 0) is 12.8 Å². The predicted molar refractivity (Wildman–Crippen MR) is 88.1 cm³/mol. The van der Waals surface area contributed by atoms with Crippen molar-refractivity contribution in [3.63, 3.8) is 0 Å². The Morgan fingerprint density at radius 3 is 1.84 bits per heavy atom. The van der Waals surface area contributed by atoms with Crippen molar-refractivity contribution in [2.24, 2.45) is 0 Å². The van der Waals surface area contributed by atoms with Crippen LogP contribution in [-0.4, -0.2) is 48.9 Å². The van der Waals surface area contributed by atoms with E-state index in [1.165, 1.54) is 11.1 Å². The van der Waals surface area contributed by atoms with Crippen LogP contribution < -0.4 is 0 Å². The van der Waals surface area contributed by atoms with Crippen molar-refractivity contribution in [3.05, 3.63) is 35.4 Å².